The predicted molar refractivity (Wildman–Crippen MR) is 44.3 cm³/mol. The summed E-state index contributed by atoms with van der Waals surface area (Å²) in [6.07, 6.45) is 5.67. The van der Waals surface area contributed by atoms with Gasteiger partial charge in [-0.25, -0.2) is 0 Å². The van der Waals surface area contributed by atoms with Crippen LogP contribution < -0.4 is 10.6 Å². The van der Waals surface area contributed by atoms with E-state index in [2.05, 4.69) is 10.6 Å². The van der Waals surface area contributed by atoms with Gasteiger partial charge in [-0.3, -0.25) is 4.79 Å². The fourth-order valence-corrected chi connectivity index (χ4v) is 1.51. The molecule has 1 saturated heterocycles. The van der Waals surface area contributed by atoms with E-state index in [1.54, 1.807) is 0 Å². The highest BCUT2D eigenvalue weighted by Crippen LogP contribution is 2.09. The van der Waals surface area contributed by atoms with E-state index >= 15 is 0 Å². The fourth-order valence-electron chi connectivity index (χ4n) is 1.51. The molecule has 1 aliphatic heterocycles. The van der Waals surface area contributed by atoms with Crippen LogP contribution in [0.15, 0.2) is 0 Å². The molecule has 1 unspecified atom stereocenters. The molecule has 0 aromatic carbocycles. The van der Waals surface area contributed by atoms with E-state index in [-0.39, 0.29) is 0 Å². The summed E-state index contributed by atoms with van der Waals surface area (Å²) in [7, 11) is 0. The number of hydrogen-bond donors (Lipinski definition) is 2. The van der Waals surface area contributed by atoms with Crippen molar-refractivity contribution in [3.05, 3.63) is 0 Å². The molecule has 1 rings (SSSR count). The second kappa shape index (κ2) is 5.13. The Kier molecular flexibility index (Phi) is 3.98. The van der Waals surface area contributed by atoms with Gasteiger partial charge in [-0.2, -0.15) is 0 Å². The van der Waals surface area contributed by atoms with Crippen LogP contribution in [-0.4, -0.2) is 25.5 Å². The van der Waals surface area contributed by atoms with Gasteiger partial charge >= 0.3 is 0 Å². The monoisotopic (exact) mass is 156 g/mol. The first-order valence-corrected chi connectivity index (χ1v) is 4.34. The van der Waals surface area contributed by atoms with Gasteiger partial charge in [0, 0.05) is 12.6 Å². The van der Waals surface area contributed by atoms with Crippen molar-refractivity contribution in [3.8, 4) is 0 Å². The zero-order valence-electron chi connectivity index (χ0n) is 6.81. The molecule has 3 nitrogen and oxygen atoms in total. The van der Waals surface area contributed by atoms with Gasteiger partial charge in [0.25, 0.3) is 0 Å². The van der Waals surface area contributed by atoms with E-state index < -0.39 is 0 Å². The third-order valence-corrected chi connectivity index (χ3v) is 2.12. The Hall–Kier alpha value is -0.570. The molecule has 1 fully saturated rings. The van der Waals surface area contributed by atoms with E-state index in [9.17, 15) is 4.79 Å². The number of carbonyl (C=O) groups is 1. The van der Waals surface area contributed by atoms with Crippen molar-refractivity contribution in [2.45, 2.75) is 31.7 Å². The standard InChI is InChI=1S/C8H16N2O/c11-7-9-5-1-3-8-4-2-6-10-8/h7-8,10H,1-6H2,(H,9,11). The van der Waals surface area contributed by atoms with Gasteiger partial charge in [-0.05, 0) is 32.2 Å². The molecule has 1 heterocycles. The molecule has 0 aromatic rings. The summed E-state index contributed by atoms with van der Waals surface area (Å²) in [6, 6.07) is 0.712. The first-order valence-electron chi connectivity index (χ1n) is 4.34. The normalized spacial score (nSPS) is 23.5. The maximum Gasteiger partial charge on any atom is 0.207 e. The molecule has 11 heavy (non-hydrogen) atoms. The summed E-state index contributed by atoms with van der Waals surface area (Å²) in [6.45, 7) is 1.99. The molecule has 64 valence electrons. The zero-order chi connectivity index (χ0) is 7.94. The Bertz CT molecular complexity index is 111. The quantitative estimate of drug-likeness (QED) is 0.443. The molecule has 0 aromatic heterocycles. The maximum absolute atomic E-state index is 9.87. The lowest BCUT2D eigenvalue weighted by atomic mass is 10.1. The van der Waals surface area contributed by atoms with E-state index in [4.69, 9.17) is 0 Å². The number of hydrogen-bond acceptors (Lipinski definition) is 2. The van der Waals surface area contributed by atoms with Gasteiger partial charge in [0.1, 0.15) is 0 Å². The third kappa shape index (κ3) is 3.37. The smallest absolute Gasteiger partial charge is 0.207 e. The largest absolute Gasteiger partial charge is 0.359 e. The second-order valence-corrected chi connectivity index (χ2v) is 3.01. The summed E-state index contributed by atoms with van der Waals surface area (Å²) in [4.78, 5) is 9.87. The first kappa shape index (κ1) is 8.53. The van der Waals surface area contributed by atoms with Crippen molar-refractivity contribution in [1.82, 2.24) is 10.6 Å². The predicted octanol–water partition coefficient (Wildman–Crippen LogP) is 0.265. The third-order valence-electron chi connectivity index (χ3n) is 2.12. The Balaban J connectivity index is 1.89. The van der Waals surface area contributed by atoms with Crippen LogP contribution in [0.25, 0.3) is 0 Å². The minimum absolute atomic E-state index is 0.712. The average molecular weight is 156 g/mol. The van der Waals surface area contributed by atoms with Gasteiger partial charge in [0.15, 0.2) is 0 Å². The van der Waals surface area contributed by atoms with Crippen LogP contribution in [-0.2, 0) is 4.79 Å². The summed E-state index contributed by atoms with van der Waals surface area (Å²) < 4.78 is 0. The maximum atomic E-state index is 9.87. The van der Waals surface area contributed by atoms with E-state index in [0.29, 0.717) is 6.04 Å². The number of rotatable bonds is 5. The van der Waals surface area contributed by atoms with Crippen molar-refractivity contribution in [2.24, 2.45) is 0 Å². The highest BCUT2D eigenvalue weighted by molar-refractivity contribution is 5.45. The van der Waals surface area contributed by atoms with Crippen molar-refractivity contribution in [2.75, 3.05) is 13.1 Å². The molecule has 2 N–H and O–H groups in total. The van der Waals surface area contributed by atoms with E-state index in [1.807, 2.05) is 0 Å². The minimum Gasteiger partial charge on any atom is -0.359 e. The Labute approximate surface area is 67.5 Å². The second-order valence-electron chi connectivity index (χ2n) is 3.01. The first-order chi connectivity index (χ1) is 5.43. The number of amides is 1. The van der Waals surface area contributed by atoms with Gasteiger partial charge in [0.2, 0.25) is 6.41 Å². The van der Waals surface area contributed by atoms with Crippen LogP contribution in [0.2, 0.25) is 0 Å². The van der Waals surface area contributed by atoms with Crippen LogP contribution >= 0.6 is 0 Å². The summed E-state index contributed by atoms with van der Waals surface area (Å²) in [5.74, 6) is 0. The van der Waals surface area contributed by atoms with Crippen LogP contribution in [0.3, 0.4) is 0 Å². The molecule has 1 aliphatic rings. The number of nitrogens with one attached hydrogen (secondary N) is 2. The topological polar surface area (TPSA) is 41.1 Å². The van der Waals surface area contributed by atoms with E-state index in [0.717, 1.165) is 19.4 Å². The number of carbonyl (C=O) groups excluding carboxylic acids is 1. The Morgan fingerprint density at radius 3 is 3.18 bits per heavy atom. The average Bonchev–Trinajstić information content (AvgIpc) is 2.50. The molecule has 0 saturated carbocycles. The molecule has 0 bridgehead atoms. The highest BCUT2D eigenvalue weighted by atomic mass is 16.1. The lowest BCUT2D eigenvalue weighted by Gasteiger charge is -2.08. The van der Waals surface area contributed by atoms with Crippen molar-refractivity contribution in [3.63, 3.8) is 0 Å². The van der Waals surface area contributed by atoms with Crippen molar-refractivity contribution < 1.29 is 4.79 Å². The lowest BCUT2D eigenvalue weighted by molar-refractivity contribution is -0.109. The summed E-state index contributed by atoms with van der Waals surface area (Å²) in [5.41, 5.74) is 0. The lowest BCUT2D eigenvalue weighted by Crippen LogP contribution is -2.23. The van der Waals surface area contributed by atoms with Crippen molar-refractivity contribution in [1.29, 1.82) is 0 Å². The van der Waals surface area contributed by atoms with Crippen LogP contribution in [0.1, 0.15) is 25.7 Å². The van der Waals surface area contributed by atoms with Gasteiger partial charge < -0.3 is 10.6 Å². The fraction of sp³-hybridized carbons (Fsp3) is 0.875. The van der Waals surface area contributed by atoms with Gasteiger partial charge in [-0.1, -0.05) is 0 Å². The molecular formula is C8H16N2O. The molecule has 0 radical (unpaired) electrons. The van der Waals surface area contributed by atoms with E-state index in [1.165, 1.54) is 25.8 Å². The summed E-state index contributed by atoms with van der Waals surface area (Å²) in [5, 5.41) is 6.08. The van der Waals surface area contributed by atoms with Crippen LogP contribution in [0.4, 0.5) is 0 Å². The molecule has 0 spiro atoms. The SMILES string of the molecule is O=CNCCCC1CCCN1. The molecule has 3 heteroatoms. The minimum atomic E-state index is 0.712. The Morgan fingerprint density at radius 2 is 2.55 bits per heavy atom. The molecule has 1 atom stereocenters. The van der Waals surface area contributed by atoms with Crippen LogP contribution in [0, 0.1) is 0 Å². The highest BCUT2D eigenvalue weighted by Gasteiger charge is 2.12. The van der Waals surface area contributed by atoms with Crippen molar-refractivity contribution >= 4 is 6.41 Å². The molecular weight excluding hydrogens is 140 g/mol. The molecule has 1 amide bonds. The van der Waals surface area contributed by atoms with Gasteiger partial charge in [-0.15, -0.1) is 0 Å². The zero-order valence-corrected chi connectivity index (χ0v) is 6.81. The molecule has 0 aliphatic carbocycles. The Morgan fingerprint density at radius 1 is 1.64 bits per heavy atom. The van der Waals surface area contributed by atoms with Crippen LogP contribution in [0.5, 0.6) is 0 Å². The summed E-state index contributed by atoms with van der Waals surface area (Å²) >= 11 is 0. The van der Waals surface area contributed by atoms with Gasteiger partial charge in [0.05, 0.1) is 0 Å².